The molecular weight excluding hydrogens is 316 g/mol. The minimum atomic E-state index is -0.167. The number of amides is 1. The Balaban J connectivity index is 1.60. The van der Waals surface area contributed by atoms with Crippen molar-refractivity contribution in [3.8, 4) is 0 Å². The summed E-state index contributed by atoms with van der Waals surface area (Å²) in [5.41, 5.74) is 0.992. The van der Waals surface area contributed by atoms with Gasteiger partial charge in [0.05, 0.1) is 12.6 Å². The molecular formula is C19H26N4O2. The first-order valence-corrected chi connectivity index (χ1v) is 8.70. The molecule has 0 radical (unpaired) electrons. The van der Waals surface area contributed by atoms with Gasteiger partial charge in [0.25, 0.3) is 0 Å². The number of hydrogen-bond donors (Lipinski definition) is 0. The van der Waals surface area contributed by atoms with Crippen LogP contribution in [0.25, 0.3) is 0 Å². The van der Waals surface area contributed by atoms with E-state index in [-0.39, 0.29) is 17.4 Å². The van der Waals surface area contributed by atoms with Crippen molar-refractivity contribution in [3.05, 3.63) is 47.6 Å². The third-order valence-electron chi connectivity index (χ3n) is 4.52. The van der Waals surface area contributed by atoms with Crippen LogP contribution in [-0.2, 0) is 23.3 Å². The third kappa shape index (κ3) is 4.07. The fourth-order valence-electron chi connectivity index (χ4n) is 3.05. The maximum Gasteiger partial charge on any atom is 0.240 e. The number of hydrogen-bond acceptors (Lipinski definition) is 5. The van der Waals surface area contributed by atoms with Gasteiger partial charge in [-0.05, 0) is 19.0 Å². The predicted molar refractivity (Wildman–Crippen MR) is 94.7 cm³/mol. The van der Waals surface area contributed by atoms with Crippen LogP contribution in [0.4, 0.5) is 0 Å². The van der Waals surface area contributed by atoms with Crippen molar-refractivity contribution in [2.45, 2.75) is 51.7 Å². The highest BCUT2D eigenvalue weighted by Gasteiger charge is 2.35. The van der Waals surface area contributed by atoms with Crippen LogP contribution in [-0.4, -0.2) is 45.5 Å². The average Bonchev–Trinajstić information content (AvgIpc) is 3.16. The van der Waals surface area contributed by atoms with Crippen LogP contribution in [0.2, 0.25) is 0 Å². The molecule has 1 aromatic heterocycles. The highest BCUT2D eigenvalue weighted by molar-refractivity contribution is 5.83. The average molecular weight is 342 g/mol. The van der Waals surface area contributed by atoms with Gasteiger partial charge in [0.2, 0.25) is 11.8 Å². The highest BCUT2D eigenvalue weighted by atomic mass is 16.5. The van der Waals surface area contributed by atoms with Gasteiger partial charge < -0.3 is 9.42 Å². The fourth-order valence-corrected chi connectivity index (χ4v) is 3.05. The summed E-state index contributed by atoms with van der Waals surface area (Å²) in [6.07, 6.45) is 0.826. The summed E-state index contributed by atoms with van der Waals surface area (Å²) in [5, 5.41) is 4.05. The summed E-state index contributed by atoms with van der Waals surface area (Å²) < 4.78 is 5.34. The Morgan fingerprint density at radius 3 is 2.64 bits per heavy atom. The van der Waals surface area contributed by atoms with Gasteiger partial charge in [-0.25, -0.2) is 0 Å². The zero-order valence-electron chi connectivity index (χ0n) is 15.4. The molecule has 0 spiro atoms. The van der Waals surface area contributed by atoms with E-state index in [1.807, 2.05) is 55.8 Å². The van der Waals surface area contributed by atoms with Crippen LogP contribution in [0, 0.1) is 0 Å². The molecule has 2 aromatic rings. The summed E-state index contributed by atoms with van der Waals surface area (Å²) in [6.45, 7) is 8.07. The molecule has 2 heterocycles. The highest BCUT2D eigenvalue weighted by Crippen LogP contribution is 2.22. The van der Waals surface area contributed by atoms with Gasteiger partial charge in [0.15, 0.2) is 5.82 Å². The summed E-state index contributed by atoms with van der Waals surface area (Å²) in [7, 11) is 1.95. The lowest BCUT2D eigenvalue weighted by atomic mass is 9.97. The van der Waals surface area contributed by atoms with Gasteiger partial charge in [-0.1, -0.05) is 56.3 Å². The second-order valence-electron chi connectivity index (χ2n) is 7.73. The Hall–Kier alpha value is -2.21. The minimum Gasteiger partial charge on any atom is -0.339 e. The van der Waals surface area contributed by atoms with Gasteiger partial charge in [-0.3, -0.25) is 9.69 Å². The molecule has 1 amide bonds. The molecule has 1 unspecified atom stereocenters. The SMILES string of the molecule is CN(Cc1noc(C(C)(C)C)n1)C1CCN(Cc2ccccc2)C1=O. The first kappa shape index (κ1) is 17.6. The maximum atomic E-state index is 12.7. The molecule has 1 aromatic carbocycles. The molecule has 25 heavy (non-hydrogen) atoms. The van der Waals surface area contributed by atoms with E-state index in [9.17, 15) is 4.79 Å². The molecule has 1 saturated heterocycles. The third-order valence-corrected chi connectivity index (χ3v) is 4.52. The molecule has 1 atom stereocenters. The lowest BCUT2D eigenvalue weighted by Crippen LogP contribution is -2.39. The van der Waals surface area contributed by atoms with Crippen molar-refractivity contribution in [2.75, 3.05) is 13.6 Å². The first-order valence-electron chi connectivity index (χ1n) is 8.70. The molecule has 3 rings (SSSR count). The summed E-state index contributed by atoms with van der Waals surface area (Å²) in [4.78, 5) is 21.1. The number of carbonyl (C=O) groups excluding carboxylic acids is 1. The summed E-state index contributed by atoms with van der Waals surface area (Å²) >= 11 is 0. The van der Waals surface area contributed by atoms with Crippen LogP contribution in [0.1, 0.15) is 44.5 Å². The number of benzene rings is 1. The van der Waals surface area contributed by atoms with E-state index in [0.717, 1.165) is 18.5 Å². The van der Waals surface area contributed by atoms with Gasteiger partial charge in [0, 0.05) is 18.5 Å². The monoisotopic (exact) mass is 342 g/mol. The van der Waals surface area contributed by atoms with Crippen LogP contribution in [0.3, 0.4) is 0 Å². The van der Waals surface area contributed by atoms with E-state index in [0.29, 0.717) is 24.8 Å². The van der Waals surface area contributed by atoms with Gasteiger partial charge in [0.1, 0.15) is 0 Å². The molecule has 134 valence electrons. The number of nitrogens with zero attached hydrogens (tertiary/aromatic N) is 4. The lowest BCUT2D eigenvalue weighted by molar-refractivity contribution is -0.132. The van der Waals surface area contributed by atoms with E-state index >= 15 is 0 Å². The second kappa shape index (κ2) is 6.96. The Kier molecular flexibility index (Phi) is 4.90. The molecule has 0 bridgehead atoms. The van der Waals surface area contributed by atoms with Crippen molar-refractivity contribution in [1.29, 1.82) is 0 Å². The molecule has 0 saturated carbocycles. The van der Waals surface area contributed by atoms with Crippen LogP contribution in [0.5, 0.6) is 0 Å². The Morgan fingerprint density at radius 2 is 2.00 bits per heavy atom. The Morgan fingerprint density at radius 1 is 1.28 bits per heavy atom. The fraction of sp³-hybridized carbons (Fsp3) is 0.526. The van der Waals surface area contributed by atoms with Crippen molar-refractivity contribution in [1.82, 2.24) is 19.9 Å². The maximum absolute atomic E-state index is 12.7. The number of aromatic nitrogens is 2. The molecule has 0 N–H and O–H groups in total. The van der Waals surface area contributed by atoms with E-state index in [2.05, 4.69) is 22.3 Å². The number of likely N-dealkylation sites (tertiary alicyclic amines) is 1. The van der Waals surface area contributed by atoms with Crippen molar-refractivity contribution in [3.63, 3.8) is 0 Å². The lowest BCUT2D eigenvalue weighted by Gasteiger charge is -2.22. The molecule has 6 nitrogen and oxygen atoms in total. The van der Waals surface area contributed by atoms with E-state index in [1.165, 1.54) is 0 Å². The molecule has 1 aliphatic heterocycles. The van der Waals surface area contributed by atoms with Crippen molar-refractivity contribution < 1.29 is 9.32 Å². The van der Waals surface area contributed by atoms with E-state index in [4.69, 9.17) is 4.52 Å². The largest absolute Gasteiger partial charge is 0.339 e. The van der Waals surface area contributed by atoms with Crippen LogP contribution < -0.4 is 0 Å². The van der Waals surface area contributed by atoms with Gasteiger partial charge >= 0.3 is 0 Å². The van der Waals surface area contributed by atoms with Gasteiger partial charge in [-0.15, -0.1) is 0 Å². The van der Waals surface area contributed by atoms with Crippen LogP contribution in [0.15, 0.2) is 34.9 Å². The number of carbonyl (C=O) groups is 1. The summed E-state index contributed by atoms with van der Waals surface area (Å²) in [6, 6.07) is 9.98. The topological polar surface area (TPSA) is 62.5 Å². The van der Waals surface area contributed by atoms with Crippen molar-refractivity contribution in [2.24, 2.45) is 0 Å². The van der Waals surface area contributed by atoms with E-state index < -0.39 is 0 Å². The molecule has 6 heteroatoms. The second-order valence-corrected chi connectivity index (χ2v) is 7.73. The smallest absolute Gasteiger partial charge is 0.240 e. The van der Waals surface area contributed by atoms with Gasteiger partial charge in [-0.2, -0.15) is 4.98 Å². The van der Waals surface area contributed by atoms with E-state index in [1.54, 1.807) is 0 Å². The Bertz CT molecular complexity index is 721. The van der Waals surface area contributed by atoms with Crippen molar-refractivity contribution >= 4 is 5.91 Å². The first-order chi connectivity index (χ1) is 11.8. The van der Waals surface area contributed by atoms with Crippen LogP contribution >= 0.6 is 0 Å². The quantitative estimate of drug-likeness (QED) is 0.836. The number of rotatable bonds is 5. The minimum absolute atomic E-state index is 0.125. The molecule has 0 aliphatic carbocycles. The predicted octanol–water partition coefficient (Wildman–Crippen LogP) is 2.60. The molecule has 1 fully saturated rings. The standard InChI is InChI=1S/C19H26N4O2/c1-19(2,3)18-20-16(21-25-18)13-22(4)15-10-11-23(17(15)24)12-14-8-6-5-7-9-14/h5-9,15H,10-13H2,1-4H3. The zero-order chi connectivity index (χ0) is 18.0. The summed E-state index contributed by atoms with van der Waals surface area (Å²) in [5.74, 6) is 1.42. The zero-order valence-corrected chi connectivity index (χ0v) is 15.4. The Labute approximate surface area is 148 Å². The number of likely N-dealkylation sites (N-methyl/N-ethyl adjacent to an activating group) is 1. The molecule has 1 aliphatic rings. The normalized spacial score (nSPS) is 18.4.